The summed E-state index contributed by atoms with van der Waals surface area (Å²) in [6, 6.07) is 7.88. The molecule has 3 N–H and O–H groups in total. The minimum atomic E-state index is 0.0478. The largest absolute Gasteiger partial charge is 0.381 e. The quantitative estimate of drug-likeness (QED) is 0.292. The molecule has 0 aromatic heterocycles. The smallest absolute Gasteiger partial charge is 0.224 e. The Bertz CT molecular complexity index is 658. The number of hydrogen-bond donors (Lipinski definition) is 3. The number of nitrogens with one attached hydrogen (secondary N) is 3. The predicted molar refractivity (Wildman–Crippen MR) is 122 cm³/mol. The number of nitrogens with zero attached hydrogens (tertiary/aromatic N) is 1. The topological polar surface area (TPSA) is 84.0 Å². The number of benzene rings is 1. The molecule has 30 heavy (non-hydrogen) atoms. The molecule has 1 aromatic carbocycles. The van der Waals surface area contributed by atoms with Gasteiger partial charge in [-0.15, -0.1) is 0 Å². The molecule has 0 spiro atoms. The number of carbonyl (C=O) groups excluding carboxylic acids is 1. The molecule has 0 bridgehead atoms. The minimum Gasteiger partial charge on any atom is -0.381 e. The molecule has 1 aromatic rings. The number of aliphatic imine (C=N–C) groups is 1. The number of anilines is 1. The highest BCUT2D eigenvalue weighted by atomic mass is 16.5. The van der Waals surface area contributed by atoms with Crippen molar-refractivity contribution in [2.24, 2.45) is 16.8 Å². The van der Waals surface area contributed by atoms with E-state index in [1.165, 1.54) is 0 Å². The highest BCUT2D eigenvalue weighted by Crippen LogP contribution is 2.14. The second-order valence-electron chi connectivity index (χ2n) is 8.18. The number of amides is 1. The van der Waals surface area contributed by atoms with E-state index in [2.05, 4.69) is 20.9 Å². The molecule has 0 unspecified atom stereocenters. The molecular weight excluding hydrogens is 380 g/mol. The Morgan fingerprint density at radius 3 is 2.80 bits per heavy atom. The summed E-state index contributed by atoms with van der Waals surface area (Å²) in [6.45, 7) is 8.83. The normalized spacial score (nSPS) is 15.3. The van der Waals surface area contributed by atoms with Gasteiger partial charge in [-0.3, -0.25) is 9.79 Å². The first-order valence-electron chi connectivity index (χ1n) is 11.1. The lowest BCUT2D eigenvalue weighted by Gasteiger charge is -2.21. The molecule has 1 saturated heterocycles. The molecular formula is C23H38N4O3. The van der Waals surface area contributed by atoms with Crippen LogP contribution in [0, 0.1) is 11.8 Å². The number of rotatable bonds is 11. The monoisotopic (exact) mass is 418 g/mol. The van der Waals surface area contributed by atoms with Gasteiger partial charge in [0.05, 0.1) is 0 Å². The fourth-order valence-electron chi connectivity index (χ4n) is 3.29. The van der Waals surface area contributed by atoms with E-state index in [0.29, 0.717) is 24.8 Å². The van der Waals surface area contributed by atoms with Gasteiger partial charge in [0.1, 0.15) is 0 Å². The van der Waals surface area contributed by atoms with E-state index >= 15 is 0 Å². The first-order valence-corrected chi connectivity index (χ1v) is 11.1. The highest BCUT2D eigenvalue weighted by Gasteiger charge is 2.13. The third-order valence-electron chi connectivity index (χ3n) is 4.94. The van der Waals surface area contributed by atoms with Crippen molar-refractivity contribution in [3.8, 4) is 0 Å². The maximum Gasteiger partial charge on any atom is 0.224 e. The van der Waals surface area contributed by atoms with Gasteiger partial charge in [0.15, 0.2) is 5.96 Å². The predicted octanol–water partition coefficient (Wildman–Crippen LogP) is 3.17. The van der Waals surface area contributed by atoms with Crippen LogP contribution in [0.15, 0.2) is 29.3 Å². The van der Waals surface area contributed by atoms with Crippen LogP contribution < -0.4 is 16.0 Å². The number of guanidine groups is 1. The summed E-state index contributed by atoms with van der Waals surface area (Å²) in [5, 5.41) is 9.59. The summed E-state index contributed by atoms with van der Waals surface area (Å²) in [5.41, 5.74) is 1.91. The standard InChI is InChI=1S/C23H38N4O3/c1-18(2)14-22(28)27-21-7-4-6-20(15-21)16-26-23(24-3)25-10-5-11-30-17-19-8-12-29-13-9-19/h4,6-7,15,18-19H,5,8-14,16-17H2,1-3H3,(H,27,28)(H2,24,25,26). The van der Waals surface area contributed by atoms with Gasteiger partial charge in [0.2, 0.25) is 5.91 Å². The molecule has 2 rings (SSSR count). The van der Waals surface area contributed by atoms with Crippen molar-refractivity contribution < 1.29 is 14.3 Å². The first-order chi connectivity index (χ1) is 14.6. The first kappa shape index (κ1) is 24.2. The highest BCUT2D eigenvalue weighted by molar-refractivity contribution is 5.90. The SMILES string of the molecule is CN=C(NCCCOCC1CCOCC1)NCc1cccc(NC(=O)CC(C)C)c1. The van der Waals surface area contributed by atoms with Gasteiger partial charge < -0.3 is 25.4 Å². The van der Waals surface area contributed by atoms with Crippen LogP contribution in [-0.2, 0) is 20.8 Å². The Hall–Kier alpha value is -2.12. The third kappa shape index (κ3) is 10.1. The summed E-state index contributed by atoms with van der Waals surface area (Å²) in [6.07, 6.45) is 3.67. The number of ether oxygens (including phenoxy) is 2. The van der Waals surface area contributed by atoms with Gasteiger partial charge in [-0.05, 0) is 48.8 Å². The third-order valence-corrected chi connectivity index (χ3v) is 4.94. The lowest BCUT2D eigenvalue weighted by atomic mass is 10.0. The molecule has 0 aliphatic carbocycles. The van der Waals surface area contributed by atoms with Gasteiger partial charge in [0.25, 0.3) is 0 Å². The van der Waals surface area contributed by atoms with E-state index in [1.807, 2.05) is 38.1 Å². The van der Waals surface area contributed by atoms with Gasteiger partial charge in [0, 0.05) is 58.7 Å². The van der Waals surface area contributed by atoms with Crippen LogP contribution in [0.5, 0.6) is 0 Å². The lowest BCUT2D eigenvalue weighted by Crippen LogP contribution is -2.37. The van der Waals surface area contributed by atoms with Crippen molar-refractivity contribution in [2.75, 3.05) is 45.3 Å². The van der Waals surface area contributed by atoms with Crippen LogP contribution >= 0.6 is 0 Å². The summed E-state index contributed by atoms with van der Waals surface area (Å²) < 4.78 is 11.2. The summed E-state index contributed by atoms with van der Waals surface area (Å²) in [4.78, 5) is 16.2. The summed E-state index contributed by atoms with van der Waals surface area (Å²) in [7, 11) is 1.76. The van der Waals surface area contributed by atoms with Gasteiger partial charge in [-0.2, -0.15) is 0 Å². The molecule has 7 nitrogen and oxygen atoms in total. The second-order valence-corrected chi connectivity index (χ2v) is 8.18. The van der Waals surface area contributed by atoms with Gasteiger partial charge >= 0.3 is 0 Å². The summed E-state index contributed by atoms with van der Waals surface area (Å²) in [5.74, 6) is 1.80. The summed E-state index contributed by atoms with van der Waals surface area (Å²) >= 11 is 0. The minimum absolute atomic E-state index is 0.0478. The molecule has 0 radical (unpaired) electrons. The molecule has 1 fully saturated rings. The van der Waals surface area contributed by atoms with Crippen LogP contribution in [-0.4, -0.2) is 51.9 Å². The average molecular weight is 419 g/mol. The molecule has 168 valence electrons. The van der Waals surface area contributed by atoms with E-state index in [1.54, 1.807) is 7.05 Å². The van der Waals surface area contributed by atoms with Gasteiger partial charge in [-0.25, -0.2) is 0 Å². The van der Waals surface area contributed by atoms with E-state index in [0.717, 1.165) is 69.4 Å². The van der Waals surface area contributed by atoms with Crippen molar-refractivity contribution in [1.82, 2.24) is 10.6 Å². The van der Waals surface area contributed by atoms with E-state index in [9.17, 15) is 4.79 Å². The van der Waals surface area contributed by atoms with Crippen molar-refractivity contribution >= 4 is 17.6 Å². The Kier molecular flexibility index (Phi) is 11.3. The van der Waals surface area contributed by atoms with Crippen molar-refractivity contribution in [3.63, 3.8) is 0 Å². The van der Waals surface area contributed by atoms with E-state index in [4.69, 9.17) is 9.47 Å². The Balaban J connectivity index is 1.62. The fourth-order valence-corrected chi connectivity index (χ4v) is 3.29. The molecule has 1 aliphatic rings. The van der Waals surface area contributed by atoms with Gasteiger partial charge in [-0.1, -0.05) is 26.0 Å². The molecule has 1 aliphatic heterocycles. The maximum absolute atomic E-state index is 12.0. The Morgan fingerprint density at radius 1 is 1.27 bits per heavy atom. The average Bonchev–Trinajstić information content (AvgIpc) is 2.73. The molecule has 1 heterocycles. The van der Waals surface area contributed by atoms with Crippen LogP contribution in [0.4, 0.5) is 5.69 Å². The molecule has 0 saturated carbocycles. The van der Waals surface area contributed by atoms with Crippen molar-refractivity contribution in [2.45, 2.75) is 46.1 Å². The van der Waals surface area contributed by atoms with Crippen LogP contribution in [0.25, 0.3) is 0 Å². The Morgan fingerprint density at radius 2 is 2.07 bits per heavy atom. The van der Waals surface area contributed by atoms with Crippen LogP contribution in [0.2, 0.25) is 0 Å². The van der Waals surface area contributed by atoms with Crippen LogP contribution in [0.1, 0.15) is 45.1 Å². The van der Waals surface area contributed by atoms with Crippen LogP contribution in [0.3, 0.4) is 0 Å². The number of carbonyl (C=O) groups is 1. The molecule has 0 atom stereocenters. The van der Waals surface area contributed by atoms with Crippen molar-refractivity contribution in [1.29, 1.82) is 0 Å². The second kappa shape index (κ2) is 14.0. The zero-order chi connectivity index (χ0) is 21.6. The zero-order valence-electron chi connectivity index (χ0n) is 18.7. The lowest BCUT2D eigenvalue weighted by molar-refractivity contribution is -0.116. The zero-order valence-corrected chi connectivity index (χ0v) is 18.7. The van der Waals surface area contributed by atoms with E-state index < -0.39 is 0 Å². The molecule has 1 amide bonds. The van der Waals surface area contributed by atoms with Crippen molar-refractivity contribution in [3.05, 3.63) is 29.8 Å². The number of hydrogen-bond acceptors (Lipinski definition) is 4. The fraction of sp³-hybridized carbons (Fsp3) is 0.652. The Labute approximate surface area is 181 Å². The maximum atomic E-state index is 12.0. The van der Waals surface area contributed by atoms with E-state index in [-0.39, 0.29) is 5.91 Å². The molecule has 7 heteroatoms.